The molecule has 3 nitrogen and oxygen atoms in total. The number of phenolic OH excluding ortho intramolecular Hbond substituents is 2. The highest BCUT2D eigenvalue weighted by Crippen LogP contribution is 2.45. The van der Waals surface area contributed by atoms with Crippen molar-refractivity contribution in [3.05, 3.63) is 42.0 Å². The summed E-state index contributed by atoms with van der Waals surface area (Å²) in [5.41, 5.74) is 2.65. The Labute approximate surface area is 92.5 Å². The molecule has 3 heteroatoms. The maximum atomic E-state index is 9.84. The second kappa shape index (κ2) is 3.17. The molecule has 80 valence electrons. The lowest BCUT2D eigenvalue weighted by Crippen LogP contribution is -2.05. The summed E-state index contributed by atoms with van der Waals surface area (Å²) in [5, 5.41) is 19.2. The van der Waals surface area contributed by atoms with Gasteiger partial charge in [0, 0.05) is 12.1 Å². The molecule has 1 heterocycles. The van der Waals surface area contributed by atoms with Crippen molar-refractivity contribution in [1.82, 2.24) is 0 Å². The molecule has 3 rings (SSSR count). The lowest BCUT2D eigenvalue weighted by atomic mass is 9.96. The van der Waals surface area contributed by atoms with E-state index in [1.54, 1.807) is 0 Å². The summed E-state index contributed by atoms with van der Waals surface area (Å²) < 4.78 is 5.49. The highest BCUT2D eigenvalue weighted by atomic mass is 16.5. The topological polar surface area (TPSA) is 49.7 Å². The van der Waals surface area contributed by atoms with Crippen molar-refractivity contribution >= 4 is 0 Å². The first-order valence-electron chi connectivity index (χ1n) is 5.03. The van der Waals surface area contributed by atoms with Gasteiger partial charge in [0.1, 0.15) is 23.9 Å². The van der Waals surface area contributed by atoms with Crippen LogP contribution in [0.25, 0.3) is 11.1 Å². The molecule has 0 saturated heterocycles. The molecule has 0 aromatic heterocycles. The predicted octanol–water partition coefficient (Wildman–Crippen LogP) is 2.66. The third-order valence-electron chi connectivity index (χ3n) is 2.74. The summed E-state index contributed by atoms with van der Waals surface area (Å²) in [6.45, 7) is 0.464. The molecule has 0 aliphatic carbocycles. The molecule has 2 aromatic carbocycles. The zero-order chi connectivity index (χ0) is 11.1. The second-order valence-electron chi connectivity index (χ2n) is 3.78. The average Bonchev–Trinajstić information content (AvgIpc) is 2.28. The third kappa shape index (κ3) is 1.21. The van der Waals surface area contributed by atoms with Gasteiger partial charge in [-0.25, -0.2) is 0 Å². The van der Waals surface area contributed by atoms with Crippen LogP contribution < -0.4 is 4.74 Å². The van der Waals surface area contributed by atoms with Gasteiger partial charge in [0.05, 0.1) is 5.56 Å². The number of hydrogen-bond acceptors (Lipinski definition) is 3. The third-order valence-corrected chi connectivity index (χ3v) is 2.74. The maximum absolute atomic E-state index is 9.84. The van der Waals surface area contributed by atoms with Gasteiger partial charge in [0.2, 0.25) is 0 Å². The summed E-state index contributed by atoms with van der Waals surface area (Å²) in [6, 6.07) is 10.6. The predicted molar refractivity (Wildman–Crippen MR) is 59.5 cm³/mol. The first-order valence-corrected chi connectivity index (χ1v) is 5.03. The Morgan fingerprint density at radius 1 is 1.06 bits per heavy atom. The lowest BCUT2D eigenvalue weighted by molar-refractivity contribution is 0.298. The highest BCUT2D eigenvalue weighted by Gasteiger charge is 2.20. The van der Waals surface area contributed by atoms with Gasteiger partial charge >= 0.3 is 0 Å². The average molecular weight is 214 g/mol. The minimum atomic E-state index is 0.00984. The fraction of sp³-hybridized carbons (Fsp3) is 0.0769. The second-order valence-corrected chi connectivity index (χ2v) is 3.78. The van der Waals surface area contributed by atoms with Gasteiger partial charge in [-0.15, -0.1) is 0 Å². The first kappa shape index (κ1) is 9.09. The Morgan fingerprint density at radius 3 is 2.75 bits per heavy atom. The molecule has 2 N–H and O–H groups in total. The van der Waals surface area contributed by atoms with Crippen LogP contribution in [-0.2, 0) is 6.61 Å². The molecular formula is C13H10O3. The van der Waals surface area contributed by atoms with Crippen LogP contribution in [0.2, 0.25) is 0 Å². The summed E-state index contributed by atoms with van der Waals surface area (Å²) >= 11 is 0. The molecule has 0 radical (unpaired) electrons. The van der Waals surface area contributed by atoms with Gasteiger partial charge in [-0.05, 0) is 11.1 Å². The van der Waals surface area contributed by atoms with E-state index < -0.39 is 0 Å². The fourth-order valence-corrected chi connectivity index (χ4v) is 2.02. The number of benzene rings is 2. The molecule has 0 amide bonds. The van der Waals surface area contributed by atoms with E-state index in [-0.39, 0.29) is 11.5 Å². The van der Waals surface area contributed by atoms with Crippen LogP contribution in [0.4, 0.5) is 0 Å². The molecule has 0 spiro atoms. The van der Waals surface area contributed by atoms with Crippen LogP contribution in [0, 0.1) is 0 Å². The van der Waals surface area contributed by atoms with Crippen molar-refractivity contribution in [3.8, 4) is 28.4 Å². The minimum absolute atomic E-state index is 0.00984. The normalized spacial score (nSPS) is 12.5. The Bertz CT molecular complexity index is 561. The SMILES string of the molecule is Oc1cc(O)c2c(c1)OCc1ccccc1-2. The zero-order valence-electron chi connectivity index (χ0n) is 8.47. The van der Waals surface area contributed by atoms with Gasteiger partial charge in [-0.1, -0.05) is 24.3 Å². The van der Waals surface area contributed by atoms with Crippen molar-refractivity contribution in [2.45, 2.75) is 6.61 Å². The number of aromatic hydroxyl groups is 2. The largest absolute Gasteiger partial charge is 0.508 e. The van der Waals surface area contributed by atoms with Crippen molar-refractivity contribution in [1.29, 1.82) is 0 Å². The van der Waals surface area contributed by atoms with Gasteiger partial charge in [-0.2, -0.15) is 0 Å². The molecule has 1 aliphatic heterocycles. The van der Waals surface area contributed by atoms with Crippen molar-refractivity contribution in [3.63, 3.8) is 0 Å². The van der Waals surface area contributed by atoms with Gasteiger partial charge in [-0.3, -0.25) is 0 Å². The summed E-state index contributed by atoms with van der Waals surface area (Å²) in [4.78, 5) is 0. The van der Waals surface area contributed by atoms with E-state index in [1.807, 2.05) is 24.3 Å². The van der Waals surface area contributed by atoms with Crippen LogP contribution in [0.15, 0.2) is 36.4 Å². The summed E-state index contributed by atoms with van der Waals surface area (Å²) in [6.07, 6.45) is 0. The van der Waals surface area contributed by atoms with E-state index in [1.165, 1.54) is 12.1 Å². The van der Waals surface area contributed by atoms with E-state index in [0.717, 1.165) is 11.1 Å². The fourth-order valence-electron chi connectivity index (χ4n) is 2.02. The number of ether oxygens (including phenoxy) is 1. The maximum Gasteiger partial charge on any atom is 0.135 e. The minimum Gasteiger partial charge on any atom is -0.508 e. The molecule has 16 heavy (non-hydrogen) atoms. The summed E-state index contributed by atoms with van der Waals surface area (Å²) in [5.74, 6) is 0.578. The van der Waals surface area contributed by atoms with Crippen LogP contribution in [0.3, 0.4) is 0 Å². The molecule has 0 bridgehead atoms. The molecule has 2 aromatic rings. The van der Waals surface area contributed by atoms with Gasteiger partial charge in [0.15, 0.2) is 0 Å². The molecular weight excluding hydrogens is 204 g/mol. The number of phenols is 2. The Balaban J connectivity index is 2.32. The highest BCUT2D eigenvalue weighted by molar-refractivity contribution is 5.81. The number of hydrogen-bond donors (Lipinski definition) is 2. The van der Waals surface area contributed by atoms with E-state index in [4.69, 9.17) is 4.74 Å². The molecule has 0 atom stereocenters. The number of fused-ring (bicyclic) bond motifs is 3. The molecule has 0 saturated carbocycles. The van der Waals surface area contributed by atoms with Gasteiger partial charge in [0.25, 0.3) is 0 Å². The van der Waals surface area contributed by atoms with Gasteiger partial charge < -0.3 is 14.9 Å². The standard InChI is InChI=1S/C13H10O3/c14-9-5-11(15)13-10-4-2-1-3-8(10)7-16-12(13)6-9/h1-6,14-15H,7H2. The van der Waals surface area contributed by atoms with Crippen molar-refractivity contribution in [2.75, 3.05) is 0 Å². The van der Waals surface area contributed by atoms with Crippen molar-refractivity contribution in [2.24, 2.45) is 0 Å². The molecule has 0 unspecified atom stereocenters. The van der Waals surface area contributed by atoms with E-state index >= 15 is 0 Å². The summed E-state index contributed by atoms with van der Waals surface area (Å²) in [7, 11) is 0. The number of rotatable bonds is 0. The molecule has 1 aliphatic rings. The zero-order valence-corrected chi connectivity index (χ0v) is 8.47. The smallest absolute Gasteiger partial charge is 0.135 e. The Morgan fingerprint density at radius 2 is 1.88 bits per heavy atom. The van der Waals surface area contributed by atoms with Crippen LogP contribution >= 0.6 is 0 Å². The van der Waals surface area contributed by atoms with E-state index in [2.05, 4.69) is 0 Å². The Kier molecular flexibility index (Phi) is 1.80. The quantitative estimate of drug-likeness (QED) is 0.708. The molecule has 0 fully saturated rings. The van der Waals surface area contributed by atoms with E-state index in [0.29, 0.717) is 17.9 Å². The van der Waals surface area contributed by atoms with E-state index in [9.17, 15) is 10.2 Å². The van der Waals surface area contributed by atoms with Crippen LogP contribution in [-0.4, -0.2) is 10.2 Å². The monoisotopic (exact) mass is 214 g/mol. The first-order chi connectivity index (χ1) is 7.75. The lowest BCUT2D eigenvalue weighted by Gasteiger charge is -2.21. The van der Waals surface area contributed by atoms with Crippen LogP contribution in [0.5, 0.6) is 17.2 Å². The Hall–Kier alpha value is -2.16. The van der Waals surface area contributed by atoms with Crippen LogP contribution in [0.1, 0.15) is 5.56 Å². The van der Waals surface area contributed by atoms with Crippen molar-refractivity contribution < 1.29 is 14.9 Å².